The van der Waals surface area contributed by atoms with Crippen molar-refractivity contribution in [3.05, 3.63) is 66.0 Å². The highest BCUT2D eigenvalue weighted by molar-refractivity contribution is 5.54. The number of hydrogen-bond acceptors (Lipinski definition) is 2. The van der Waals surface area contributed by atoms with E-state index < -0.39 is 0 Å². The number of aryl methyl sites for hydroxylation is 1. The van der Waals surface area contributed by atoms with Crippen molar-refractivity contribution in [2.45, 2.75) is 19.3 Å². The highest BCUT2D eigenvalue weighted by Crippen LogP contribution is 2.13. The molecule has 0 saturated carbocycles. The summed E-state index contributed by atoms with van der Waals surface area (Å²) in [7, 11) is 0. The minimum absolute atomic E-state index is 0.0977. The Bertz CT molecular complexity index is 467. The van der Waals surface area contributed by atoms with E-state index >= 15 is 0 Å². The third-order valence-electron chi connectivity index (χ3n) is 3.09. The molecule has 0 radical (unpaired) electrons. The fourth-order valence-electron chi connectivity index (χ4n) is 2.04. The predicted octanol–water partition coefficient (Wildman–Crippen LogP) is 3.07. The van der Waals surface area contributed by atoms with Gasteiger partial charge in [0.1, 0.15) is 6.29 Å². The van der Waals surface area contributed by atoms with Crippen LogP contribution in [0.1, 0.15) is 17.5 Å². The largest absolute Gasteiger partial charge is 0.303 e. The molecule has 92 valence electrons. The summed E-state index contributed by atoms with van der Waals surface area (Å²) < 4.78 is 0. The van der Waals surface area contributed by atoms with Crippen molar-refractivity contribution < 1.29 is 4.79 Å². The average Bonchev–Trinajstić information content (AvgIpc) is 2.45. The normalized spacial score (nSPS) is 12.0. The third kappa shape index (κ3) is 3.81. The number of nitrogens with zero attached hydrogens (tertiary/aromatic N) is 1. The summed E-state index contributed by atoms with van der Waals surface area (Å²) in [5.41, 5.74) is 2.47. The van der Waals surface area contributed by atoms with Gasteiger partial charge in [-0.05, 0) is 42.5 Å². The van der Waals surface area contributed by atoms with Crippen LogP contribution < -0.4 is 0 Å². The summed E-state index contributed by atoms with van der Waals surface area (Å²) in [6, 6.07) is 14.2. The summed E-state index contributed by atoms with van der Waals surface area (Å²) in [4.78, 5) is 15.1. The van der Waals surface area contributed by atoms with Crippen LogP contribution in [0.4, 0.5) is 0 Å². The fraction of sp³-hybridized carbons (Fsp3) is 0.250. The molecule has 0 spiro atoms. The fourth-order valence-corrected chi connectivity index (χ4v) is 2.04. The molecular formula is C16H17NO. The molecule has 2 aromatic rings. The van der Waals surface area contributed by atoms with Gasteiger partial charge in [0.15, 0.2) is 0 Å². The molecule has 2 nitrogen and oxygen atoms in total. The van der Waals surface area contributed by atoms with Crippen molar-refractivity contribution in [1.29, 1.82) is 0 Å². The molecule has 0 fully saturated rings. The number of carbonyl (C=O) groups is 1. The smallest absolute Gasteiger partial charge is 0.123 e. The highest BCUT2D eigenvalue weighted by atomic mass is 16.1. The number of aldehydes is 1. The Morgan fingerprint density at radius 1 is 1.00 bits per heavy atom. The molecule has 0 amide bonds. The van der Waals surface area contributed by atoms with Crippen LogP contribution in [-0.2, 0) is 17.6 Å². The number of rotatable bonds is 6. The summed E-state index contributed by atoms with van der Waals surface area (Å²) in [5, 5.41) is 0. The second kappa shape index (κ2) is 6.70. The molecule has 0 aliphatic rings. The molecule has 0 saturated heterocycles. The van der Waals surface area contributed by atoms with E-state index in [1.54, 1.807) is 12.4 Å². The van der Waals surface area contributed by atoms with Gasteiger partial charge in [0, 0.05) is 18.3 Å². The average molecular weight is 239 g/mol. The monoisotopic (exact) mass is 239 g/mol. The lowest BCUT2D eigenvalue weighted by Gasteiger charge is -2.10. The maximum absolute atomic E-state index is 11.1. The minimum atomic E-state index is 0.0977. The predicted molar refractivity (Wildman–Crippen MR) is 72.3 cm³/mol. The van der Waals surface area contributed by atoms with Gasteiger partial charge >= 0.3 is 0 Å². The van der Waals surface area contributed by atoms with Crippen molar-refractivity contribution in [1.82, 2.24) is 4.98 Å². The molecule has 1 aromatic carbocycles. The summed E-state index contributed by atoms with van der Waals surface area (Å²) in [6.07, 6.45) is 7.32. The number of hydrogen-bond donors (Lipinski definition) is 0. The quantitative estimate of drug-likeness (QED) is 0.725. The molecule has 2 heteroatoms. The Balaban J connectivity index is 1.88. The van der Waals surface area contributed by atoms with Gasteiger partial charge in [-0.2, -0.15) is 0 Å². The van der Waals surface area contributed by atoms with Crippen LogP contribution in [0.5, 0.6) is 0 Å². The van der Waals surface area contributed by atoms with Crippen LogP contribution in [0.2, 0.25) is 0 Å². The Morgan fingerprint density at radius 3 is 2.39 bits per heavy atom. The van der Waals surface area contributed by atoms with Crippen LogP contribution >= 0.6 is 0 Å². The number of aromatic nitrogens is 1. The van der Waals surface area contributed by atoms with Crippen LogP contribution in [-0.4, -0.2) is 11.3 Å². The molecule has 0 bridgehead atoms. The van der Waals surface area contributed by atoms with Gasteiger partial charge < -0.3 is 4.79 Å². The first kappa shape index (κ1) is 12.5. The Hall–Kier alpha value is -1.96. The van der Waals surface area contributed by atoms with Gasteiger partial charge in [0.05, 0.1) is 0 Å². The first-order valence-electron chi connectivity index (χ1n) is 6.26. The molecule has 0 aliphatic carbocycles. The van der Waals surface area contributed by atoms with Gasteiger partial charge in [-0.25, -0.2) is 0 Å². The molecule has 2 rings (SSSR count). The van der Waals surface area contributed by atoms with Crippen molar-refractivity contribution in [2.75, 3.05) is 0 Å². The van der Waals surface area contributed by atoms with Crippen LogP contribution in [0.25, 0.3) is 0 Å². The Labute approximate surface area is 108 Å². The third-order valence-corrected chi connectivity index (χ3v) is 3.09. The second-order valence-corrected chi connectivity index (χ2v) is 4.48. The van der Waals surface area contributed by atoms with E-state index in [2.05, 4.69) is 17.1 Å². The van der Waals surface area contributed by atoms with E-state index in [4.69, 9.17) is 0 Å². The van der Waals surface area contributed by atoms with Crippen molar-refractivity contribution in [2.24, 2.45) is 5.92 Å². The molecular weight excluding hydrogens is 222 g/mol. The molecule has 1 unspecified atom stereocenters. The van der Waals surface area contributed by atoms with E-state index in [9.17, 15) is 4.79 Å². The molecule has 1 aromatic heterocycles. The van der Waals surface area contributed by atoms with Gasteiger partial charge in [0.2, 0.25) is 0 Å². The maximum atomic E-state index is 11.1. The first-order chi connectivity index (χ1) is 8.88. The van der Waals surface area contributed by atoms with Gasteiger partial charge in [-0.3, -0.25) is 4.98 Å². The number of benzene rings is 1. The summed E-state index contributed by atoms with van der Waals surface area (Å²) >= 11 is 0. The Morgan fingerprint density at radius 2 is 1.72 bits per heavy atom. The van der Waals surface area contributed by atoms with Gasteiger partial charge in [0.25, 0.3) is 0 Å². The standard InChI is InChI=1S/C16H17NO/c18-13-16(12-15-4-2-1-3-5-15)7-6-14-8-10-17-11-9-14/h1-5,8-11,13,16H,6-7,12H2. The van der Waals surface area contributed by atoms with E-state index in [0.29, 0.717) is 0 Å². The summed E-state index contributed by atoms with van der Waals surface area (Å²) in [6.45, 7) is 0. The lowest BCUT2D eigenvalue weighted by atomic mass is 9.94. The van der Waals surface area contributed by atoms with Crippen molar-refractivity contribution in [3.8, 4) is 0 Å². The summed E-state index contributed by atoms with van der Waals surface area (Å²) in [5.74, 6) is 0.0977. The molecule has 1 heterocycles. The van der Waals surface area contributed by atoms with Crippen LogP contribution in [0.3, 0.4) is 0 Å². The minimum Gasteiger partial charge on any atom is -0.303 e. The van der Waals surface area contributed by atoms with Gasteiger partial charge in [-0.15, -0.1) is 0 Å². The first-order valence-corrected chi connectivity index (χ1v) is 6.26. The van der Waals surface area contributed by atoms with E-state index in [1.165, 1.54) is 11.1 Å². The Kier molecular flexibility index (Phi) is 4.65. The maximum Gasteiger partial charge on any atom is 0.123 e. The number of carbonyl (C=O) groups excluding carboxylic acids is 1. The molecule has 1 atom stereocenters. The van der Waals surface area contributed by atoms with Crippen molar-refractivity contribution >= 4 is 6.29 Å². The second-order valence-electron chi connectivity index (χ2n) is 4.48. The van der Waals surface area contributed by atoms with E-state index in [-0.39, 0.29) is 5.92 Å². The topological polar surface area (TPSA) is 30.0 Å². The molecule has 0 N–H and O–H groups in total. The number of pyridine rings is 1. The zero-order valence-corrected chi connectivity index (χ0v) is 10.3. The lowest BCUT2D eigenvalue weighted by molar-refractivity contribution is -0.111. The lowest BCUT2D eigenvalue weighted by Crippen LogP contribution is -2.07. The van der Waals surface area contributed by atoms with Crippen molar-refractivity contribution in [3.63, 3.8) is 0 Å². The molecule has 0 aliphatic heterocycles. The van der Waals surface area contributed by atoms with Gasteiger partial charge in [-0.1, -0.05) is 30.3 Å². The highest BCUT2D eigenvalue weighted by Gasteiger charge is 2.08. The van der Waals surface area contributed by atoms with Crippen LogP contribution in [0.15, 0.2) is 54.9 Å². The molecule has 18 heavy (non-hydrogen) atoms. The van der Waals surface area contributed by atoms with E-state index in [1.807, 2.05) is 30.3 Å². The zero-order chi connectivity index (χ0) is 12.6. The van der Waals surface area contributed by atoms with E-state index in [0.717, 1.165) is 25.5 Å². The zero-order valence-electron chi connectivity index (χ0n) is 10.3. The SMILES string of the molecule is O=CC(CCc1ccncc1)Cc1ccccc1. The van der Waals surface area contributed by atoms with Crippen LogP contribution in [0, 0.1) is 5.92 Å².